The summed E-state index contributed by atoms with van der Waals surface area (Å²) in [6, 6.07) is 10.7. The Labute approximate surface area is 93.7 Å². The van der Waals surface area contributed by atoms with Crippen molar-refractivity contribution >= 4 is 0 Å². The van der Waals surface area contributed by atoms with Gasteiger partial charge in [0.2, 0.25) is 0 Å². The molecule has 0 saturated carbocycles. The number of phenols is 1. The molecular weight excluding hydrogens is 204 g/mol. The number of nitrogens with two attached hydrogens (primary N) is 1. The van der Waals surface area contributed by atoms with Crippen LogP contribution in [0.15, 0.2) is 36.4 Å². The van der Waals surface area contributed by atoms with Gasteiger partial charge in [-0.15, -0.1) is 0 Å². The van der Waals surface area contributed by atoms with Gasteiger partial charge in [0.25, 0.3) is 0 Å². The van der Waals surface area contributed by atoms with Gasteiger partial charge in [-0.25, -0.2) is 0 Å². The molecule has 1 aromatic heterocycles. The van der Waals surface area contributed by atoms with Crippen LogP contribution >= 0.6 is 0 Å². The van der Waals surface area contributed by atoms with E-state index >= 15 is 0 Å². The summed E-state index contributed by atoms with van der Waals surface area (Å²) in [6.45, 7) is 0.869. The maximum absolute atomic E-state index is 9.48. The molecule has 2 rings (SSSR count). The first-order valence-corrected chi connectivity index (χ1v) is 5.07. The Morgan fingerprint density at radius 2 is 1.88 bits per heavy atom. The quantitative estimate of drug-likeness (QED) is 0.732. The zero-order chi connectivity index (χ0) is 11.4. The predicted octanol–water partition coefficient (Wildman–Crippen LogP) is 1.76. The van der Waals surface area contributed by atoms with Crippen LogP contribution in [0.5, 0.6) is 11.5 Å². The molecule has 4 N–H and O–H groups in total. The summed E-state index contributed by atoms with van der Waals surface area (Å²) < 4.78 is 5.46. The molecule has 0 bridgehead atoms. The number of para-hydroxylation sites is 2. The normalized spacial score (nSPS) is 10.3. The second kappa shape index (κ2) is 4.72. The molecule has 0 fully saturated rings. The second-order valence-electron chi connectivity index (χ2n) is 3.47. The fourth-order valence-corrected chi connectivity index (χ4v) is 1.43. The van der Waals surface area contributed by atoms with Crippen LogP contribution in [0.1, 0.15) is 11.4 Å². The molecule has 4 nitrogen and oxygen atoms in total. The molecule has 84 valence electrons. The van der Waals surface area contributed by atoms with Crippen LogP contribution in [0.25, 0.3) is 0 Å². The average molecular weight is 218 g/mol. The van der Waals surface area contributed by atoms with Crippen molar-refractivity contribution in [3.8, 4) is 11.5 Å². The number of hydrogen-bond donors (Lipinski definition) is 3. The van der Waals surface area contributed by atoms with Crippen molar-refractivity contribution in [3.05, 3.63) is 47.8 Å². The number of ether oxygens (including phenoxy) is 1. The lowest BCUT2D eigenvalue weighted by Gasteiger charge is -2.06. The van der Waals surface area contributed by atoms with Crippen molar-refractivity contribution in [2.24, 2.45) is 5.73 Å². The maximum Gasteiger partial charge on any atom is 0.161 e. The zero-order valence-corrected chi connectivity index (χ0v) is 8.81. The molecule has 0 aliphatic heterocycles. The number of benzene rings is 1. The Morgan fingerprint density at radius 1 is 1.12 bits per heavy atom. The highest BCUT2D eigenvalue weighted by molar-refractivity contribution is 5.38. The van der Waals surface area contributed by atoms with E-state index in [0.29, 0.717) is 18.9 Å². The number of phenolic OH excluding ortho intramolecular Hbond substituents is 1. The SMILES string of the molecule is NCc1ccc(COc2ccccc2O)[nH]1. The molecule has 16 heavy (non-hydrogen) atoms. The van der Waals surface area contributed by atoms with Crippen molar-refractivity contribution in [2.75, 3.05) is 0 Å². The van der Waals surface area contributed by atoms with Gasteiger partial charge in [0.1, 0.15) is 6.61 Å². The van der Waals surface area contributed by atoms with E-state index in [2.05, 4.69) is 4.98 Å². The molecule has 4 heteroatoms. The monoisotopic (exact) mass is 218 g/mol. The molecule has 2 aromatic rings. The number of aromatic nitrogens is 1. The van der Waals surface area contributed by atoms with Gasteiger partial charge in [0, 0.05) is 12.2 Å². The minimum atomic E-state index is 0.146. The first-order chi connectivity index (χ1) is 7.79. The fourth-order valence-electron chi connectivity index (χ4n) is 1.43. The first-order valence-electron chi connectivity index (χ1n) is 5.07. The lowest BCUT2D eigenvalue weighted by Crippen LogP contribution is -1.99. The van der Waals surface area contributed by atoms with Crippen molar-refractivity contribution in [1.29, 1.82) is 0 Å². The molecule has 0 saturated heterocycles. The Bertz CT molecular complexity index is 466. The van der Waals surface area contributed by atoms with Gasteiger partial charge in [-0.3, -0.25) is 0 Å². The van der Waals surface area contributed by atoms with Crippen molar-refractivity contribution in [2.45, 2.75) is 13.2 Å². The van der Waals surface area contributed by atoms with E-state index in [-0.39, 0.29) is 5.75 Å². The minimum absolute atomic E-state index is 0.146. The second-order valence-corrected chi connectivity index (χ2v) is 3.47. The number of hydrogen-bond acceptors (Lipinski definition) is 3. The van der Waals surface area contributed by atoms with Gasteiger partial charge in [-0.05, 0) is 24.3 Å². The maximum atomic E-state index is 9.48. The lowest BCUT2D eigenvalue weighted by atomic mass is 10.3. The number of H-pyrrole nitrogens is 1. The van der Waals surface area contributed by atoms with Crippen molar-refractivity contribution in [3.63, 3.8) is 0 Å². The van der Waals surface area contributed by atoms with E-state index in [1.807, 2.05) is 18.2 Å². The third-order valence-corrected chi connectivity index (χ3v) is 2.28. The molecule has 0 spiro atoms. The van der Waals surface area contributed by atoms with E-state index in [1.54, 1.807) is 18.2 Å². The Hall–Kier alpha value is -1.94. The highest BCUT2D eigenvalue weighted by Crippen LogP contribution is 2.25. The zero-order valence-electron chi connectivity index (χ0n) is 8.81. The summed E-state index contributed by atoms with van der Waals surface area (Å²) in [5, 5.41) is 9.48. The Balaban J connectivity index is 1.99. The van der Waals surface area contributed by atoms with Crippen molar-refractivity contribution < 1.29 is 9.84 Å². The standard InChI is InChI=1S/C12H14N2O2/c13-7-9-5-6-10(14-9)8-16-12-4-2-1-3-11(12)15/h1-6,14-15H,7-8,13H2. The van der Waals surface area contributed by atoms with Gasteiger partial charge in [-0.2, -0.15) is 0 Å². The first kappa shape index (κ1) is 10.6. The summed E-state index contributed by atoms with van der Waals surface area (Å²) in [6.07, 6.45) is 0. The fraction of sp³-hybridized carbons (Fsp3) is 0.167. The topological polar surface area (TPSA) is 71.3 Å². The molecule has 0 unspecified atom stereocenters. The summed E-state index contributed by atoms with van der Waals surface area (Å²) in [4.78, 5) is 3.12. The van der Waals surface area contributed by atoms with Gasteiger partial charge in [0.05, 0.1) is 5.69 Å². The summed E-state index contributed by atoms with van der Waals surface area (Å²) in [7, 11) is 0. The van der Waals surface area contributed by atoms with Gasteiger partial charge in [0.15, 0.2) is 11.5 Å². The highest BCUT2D eigenvalue weighted by Gasteiger charge is 2.02. The molecule has 1 aromatic carbocycles. The number of aromatic amines is 1. The summed E-state index contributed by atoms with van der Waals surface area (Å²) in [5.74, 6) is 0.625. The molecule has 0 aliphatic rings. The van der Waals surface area contributed by atoms with E-state index in [4.69, 9.17) is 10.5 Å². The number of aromatic hydroxyl groups is 1. The third-order valence-electron chi connectivity index (χ3n) is 2.28. The number of nitrogens with one attached hydrogen (secondary N) is 1. The number of rotatable bonds is 4. The van der Waals surface area contributed by atoms with Crippen molar-refractivity contribution in [1.82, 2.24) is 4.98 Å². The van der Waals surface area contributed by atoms with E-state index in [1.165, 1.54) is 0 Å². The minimum Gasteiger partial charge on any atom is -0.504 e. The average Bonchev–Trinajstić information content (AvgIpc) is 2.76. The Kier molecular flexibility index (Phi) is 3.12. The smallest absolute Gasteiger partial charge is 0.161 e. The molecule has 1 heterocycles. The van der Waals surface area contributed by atoms with Crippen LogP contribution in [-0.2, 0) is 13.2 Å². The van der Waals surface area contributed by atoms with Crippen LogP contribution in [-0.4, -0.2) is 10.1 Å². The largest absolute Gasteiger partial charge is 0.504 e. The molecule has 0 amide bonds. The van der Waals surface area contributed by atoms with Gasteiger partial charge < -0.3 is 20.6 Å². The van der Waals surface area contributed by atoms with Crippen LogP contribution in [0.2, 0.25) is 0 Å². The lowest BCUT2D eigenvalue weighted by molar-refractivity contribution is 0.285. The van der Waals surface area contributed by atoms with Crippen LogP contribution in [0, 0.1) is 0 Å². The predicted molar refractivity (Wildman–Crippen MR) is 61.1 cm³/mol. The van der Waals surface area contributed by atoms with E-state index in [0.717, 1.165) is 11.4 Å². The highest BCUT2D eigenvalue weighted by atomic mass is 16.5. The summed E-state index contributed by atoms with van der Waals surface area (Å²) in [5.41, 5.74) is 7.38. The van der Waals surface area contributed by atoms with Crippen LogP contribution < -0.4 is 10.5 Å². The van der Waals surface area contributed by atoms with Crippen LogP contribution in [0.3, 0.4) is 0 Å². The molecular formula is C12H14N2O2. The van der Waals surface area contributed by atoms with Gasteiger partial charge in [-0.1, -0.05) is 12.1 Å². The molecule has 0 aliphatic carbocycles. The Morgan fingerprint density at radius 3 is 2.56 bits per heavy atom. The van der Waals surface area contributed by atoms with E-state index < -0.39 is 0 Å². The van der Waals surface area contributed by atoms with Gasteiger partial charge >= 0.3 is 0 Å². The molecule has 0 radical (unpaired) electrons. The summed E-state index contributed by atoms with van der Waals surface area (Å²) >= 11 is 0. The van der Waals surface area contributed by atoms with Crippen LogP contribution in [0.4, 0.5) is 0 Å². The van der Waals surface area contributed by atoms with E-state index in [9.17, 15) is 5.11 Å². The molecule has 0 atom stereocenters. The third kappa shape index (κ3) is 2.35.